The molecule has 1 aromatic carbocycles. The van der Waals surface area contributed by atoms with Gasteiger partial charge >= 0.3 is 0 Å². The van der Waals surface area contributed by atoms with Gasteiger partial charge in [0.15, 0.2) is 11.5 Å². The first-order chi connectivity index (χ1) is 9.83. The molecule has 0 atom stereocenters. The zero-order chi connectivity index (χ0) is 14.2. The summed E-state index contributed by atoms with van der Waals surface area (Å²) in [5, 5.41) is 3.66. The summed E-state index contributed by atoms with van der Waals surface area (Å²) < 4.78 is 11.1. The molecule has 0 unspecified atom stereocenters. The topological polar surface area (TPSA) is 30.5 Å². The Hall–Kier alpha value is -1.22. The second-order valence-electron chi connectivity index (χ2n) is 5.55. The van der Waals surface area contributed by atoms with Crippen molar-refractivity contribution in [2.75, 3.05) is 13.7 Å². The van der Waals surface area contributed by atoms with Crippen molar-refractivity contribution in [3.05, 3.63) is 23.8 Å². The first-order valence-electron chi connectivity index (χ1n) is 7.86. The average Bonchev–Trinajstić information content (AvgIpc) is 2.52. The third-order valence-corrected chi connectivity index (χ3v) is 3.89. The smallest absolute Gasteiger partial charge is 0.161 e. The van der Waals surface area contributed by atoms with Crippen molar-refractivity contribution in [3.63, 3.8) is 0 Å². The van der Waals surface area contributed by atoms with Crippen molar-refractivity contribution in [2.24, 2.45) is 0 Å². The van der Waals surface area contributed by atoms with Gasteiger partial charge in [-0.05, 0) is 37.0 Å². The van der Waals surface area contributed by atoms with Crippen LogP contribution in [-0.2, 0) is 6.54 Å². The van der Waals surface area contributed by atoms with Crippen LogP contribution in [0.2, 0.25) is 0 Å². The fourth-order valence-electron chi connectivity index (χ4n) is 2.72. The number of hydrogen-bond acceptors (Lipinski definition) is 3. The summed E-state index contributed by atoms with van der Waals surface area (Å²) in [5.74, 6) is 1.68. The molecule has 0 amide bonds. The highest BCUT2D eigenvalue weighted by Crippen LogP contribution is 2.28. The van der Waals surface area contributed by atoms with E-state index in [0.717, 1.165) is 31.1 Å². The fourth-order valence-corrected chi connectivity index (χ4v) is 2.72. The minimum absolute atomic E-state index is 0.686. The zero-order valence-corrected chi connectivity index (χ0v) is 12.8. The Morgan fingerprint density at radius 1 is 1.15 bits per heavy atom. The van der Waals surface area contributed by atoms with Crippen LogP contribution in [0.15, 0.2) is 18.2 Å². The fraction of sp³-hybridized carbons (Fsp3) is 0.647. The molecule has 1 aromatic rings. The summed E-state index contributed by atoms with van der Waals surface area (Å²) in [7, 11) is 1.70. The van der Waals surface area contributed by atoms with Gasteiger partial charge in [0, 0.05) is 12.6 Å². The van der Waals surface area contributed by atoms with Crippen molar-refractivity contribution in [1.29, 1.82) is 0 Å². The quantitative estimate of drug-likeness (QED) is 0.819. The van der Waals surface area contributed by atoms with Crippen LogP contribution >= 0.6 is 0 Å². The van der Waals surface area contributed by atoms with E-state index in [1.807, 2.05) is 6.07 Å². The van der Waals surface area contributed by atoms with Crippen LogP contribution in [0.1, 0.15) is 51.0 Å². The van der Waals surface area contributed by atoms with Gasteiger partial charge < -0.3 is 14.8 Å². The van der Waals surface area contributed by atoms with Crippen molar-refractivity contribution in [2.45, 2.75) is 58.0 Å². The van der Waals surface area contributed by atoms with Crippen LogP contribution in [0.3, 0.4) is 0 Å². The number of nitrogens with one attached hydrogen (secondary N) is 1. The Morgan fingerprint density at radius 2 is 1.95 bits per heavy atom. The van der Waals surface area contributed by atoms with E-state index in [4.69, 9.17) is 9.47 Å². The van der Waals surface area contributed by atoms with E-state index >= 15 is 0 Å². The maximum atomic E-state index is 5.68. The molecular weight excluding hydrogens is 250 g/mol. The molecule has 1 fully saturated rings. The molecule has 0 heterocycles. The molecule has 0 aromatic heterocycles. The molecule has 1 aliphatic rings. The van der Waals surface area contributed by atoms with Gasteiger partial charge in [0.2, 0.25) is 0 Å². The maximum Gasteiger partial charge on any atom is 0.161 e. The molecule has 2 rings (SSSR count). The summed E-state index contributed by atoms with van der Waals surface area (Å²) in [4.78, 5) is 0. The van der Waals surface area contributed by atoms with Gasteiger partial charge in [0.05, 0.1) is 13.7 Å². The van der Waals surface area contributed by atoms with Gasteiger partial charge in [0.25, 0.3) is 0 Å². The highest BCUT2D eigenvalue weighted by atomic mass is 16.5. The minimum atomic E-state index is 0.686. The van der Waals surface area contributed by atoms with E-state index in [2.05, 4.69) is 24.4 Å². The standard InChI is InChI=1S/C17H27NO2/c1-3-11-20-16-10-9-14(12-17(16)19-2)13-18-15-7-5-4-6-8-15/h9-10,12,15,18H,3-8,11,13H2,1-2H3. The van der Waals surface area contributed by atoms with Gasteiger partial charge in [-0.2, -0.15) is 0 Å². The second-order valence-corrected chi connectivity index (χ2v) is 5.55. The third-order valence-electron chi connectivity index (χ3n) is 3.89. The molecule has 0 spiro atoms. The highest BCUT2D eigenvalue weighted by Gasteiger charge is 2.13. The first-order valence-corrected chi connectivity index (χ1v) is 7.86. The van der Waals surface area contributed by atoms with Gasteiger partial charge in [0.1, 0.15) is 0 Å². The molecule has 3 heteroatoms. The van der Waals surface area contributed by atoms with Crippen LogP contribution < -0.4 is 14.8 Å². The Morgan fingerprint density at radius 3 is 2.65 bits per heavy atom. The Bertz CT molecular complexity index is 400. The molecule has 0 aliphatic heterocycles. The monoisotopic (exact) mass is 277 g/mol. The SMILES string of the molecule is CCCOc1ccc(CNC2CCCCC2)cc1OC. The van der Waals surface area contributed by atoms with Crippen LogP contribution in [0.25, 0.3) is 0 Å². The first kappa shape index (κ1) is 15.2. The van der Waals surface area contributed by atoms with Crippen LogP contribution in [0, 0.1) is 0 Å². The molecule has 0 bridgehead atoms. The summed E-state index contributed by atoms with van der Waals surface area (Å²) >= 11 is 0. The molecule has 1 saturated carbocycles. The van der Waals surface area contributed by atoms with Crippen molar-refractivity contribution < 1.29 is 9.47 Å². The van der Waals surface area contributed by atoms with Crippen molar-refractivity contribution in [1.82, 2.24) is 5.32 Å². The maximum absolute atomic E-state index is 5.68. The summed E-state index contributed by atoms with van der Waals surface area (Å²) in [5.41, 5.74) is 1.26. The zero-order valence-electron chi connectivity index (χ0n) is 12.8. The largest absolute Gasteiger partial charge is 0.493 e. The molecule has 20 heavy (non-hydrogen) atoms. The van der Waals surface area contributed by atoms with E-state index in [1.165, 1.54) is 37.7 Å². The van der Waals surface area contributed by atoms with Crippen LogP contribution in [0.5, 0.6) is 11.5 Å². The summed E-state index contributed by atoms with van der Waals surface area (Å²) in [6.07, 6.45) is 7.77. The van der Waals surface area contributed by atoms with Gasteiger partial charge in [-0.15, -0.1) is 0 Å². The van der Waals surface area contributed by atoms with Crippen LogP contribution in [-0.4, -0.2) is 19.8 Å². The van der Waals surface area contributed by atoms with E-state index in [0.29, 0.717) is 6.04 Å². The summed E-state index contributed by atoms with van der Waals surface area (Å²) in [6, 6.07) is 6.92. The predicted octanol–water partition coefficient (Wildman–Crippen LogP) is 3.91. The van der Waals surface area contributed by atoms with Gasteiger partial charge in [-0.1, -0.05) is 32.3 Å². The molecule has 0 saturated heterocycles. The third kappa shape index (κ3) is 4.41. The lowest BCUT2D eigenvalue weighted by Crippen LogP contribution is -2.30. The molecule has 0 radical (unpaired) electrons. The number of methoxy groups -OCH3 is 1. The van der Waals surface area contributed by atoms with E-state index in [9.17, 15) is 0 Å². The molecule has 1 N–H and O–H groups in total. The normalized spacial score (nSPS) is 16.1. The summed E-state index contributed by atoms with van der Waals surface area (Å²) in [6.45, 7) is 3.75. The van der Waals surface area contributed by atoms with Crippen molar-refractivity contribution >= 4 is 0 Å². The Labute approximate surface area is 122 Å². The van der Waals surface area contributed by atoms with Crippen molar-refractivity contribution in [3.8, 4) is 11.5 Å². The predicted molar refractivity (Wildman–Crippen MR) is 82.5 cm³/mol. The van der Waals surface area contributed by atoms with Crippen LogP contribution in [0.4, 0.5) is 0 Å². The lowest BCUT2D eigenvalue weighted by atomic mass is 9.95. The minimum Gasteiger partial charge on any atom is -0.493 e. The van der Waals surface area contributed by atoms with Gasteiger partial charge in [-0.25, -0.2) is 0 Å². The lowest BCUT2D eigenvalue weighted by Gasteiger charge is -2.23. The van der Waals surface area contributed by atoms with E-state index in [1.54, 1.807) is 7.11 Å². The number of rotatable bonds is 7. The highest BCUT2D eigenvalue weighted by molar-refractivity contribution is 5.42. The molecular formula is C17H27NO2. The molecule has 112 valence electrons. The van der Waals surface area contributed by atoms with E-state index < -0.39 is 0 Å². The molecule has 1 aliphatic carbocycles. The lowest BCUT2D eigenvalue weighted by molar-refractivity contribution is 0.294. The Balaban J connectivity index is 1.90. The number of benzene rings is 1. The number of ether oxygens (including phenoxy) is 2. The average molecular weight is 277 g/mol. The molecule has 3 nitrogen and oxygen atoms in total. The van der Waals surface area contributed by atoms with Gasteiger partial charge in [-0.3, -0.25) is 0 Å². The second kappa shape index (κ2) is 8.15. The Kier molecular flexibility index (Phi) is 6.19. The van der Waals surface area contributed by atoms with E-state index in [-0.39, 0.29) is 0 Å². The number of hydrogen-bond donors (Lipinski definition) is 1.